The Balaban J connectivity index is 2.35. The molecular formula is C19H23NO5. The molecule has 0 unspecified atom stereocenters. The topological polar surface area (TPSA) is 84.9 Å². The second-order valence-corrected chi connectivity index (χ2v) is 6.70. The van der Waals surface area contributed by atoms with Gasteiger partial charge < -0.3 is 19.9 Å². The van der Waals surface area contributed by atoms with Crippen molar-refractivity contribution in [3.05, 3.63) is 48.0 Å². The highest BCUT2D eigenvalue weighted by Crippen LogP contribution is 2.24. The second-order valence-electron chi connectivity index (χ2n) is 6.70. The molecule has 25 heavy (non-hydrogen) atoms. The lowest BCUT2D eigenvalue weighted by molar-refractivity contribution is -0.152. The molecule has 0 aliphatic heterocycles. The number of benzene rings is 2. The molecule has 0 aliphatic rings. The van der Waals surface area contributed by atoms with E-state index in [0.717, 1.165) is 10.8 Å². The molecule has 0 bridgehead atoms. The van der Waals surface area contributed by atoms with E-state index >= 15 is 0 Å². The summed E-state index contributed by atoms with van der Waals surface area (Å²) in [5, 5.41) is 14.8. The minimum absolute atomic E-state index is 0.572. The SMILES string of the molecule is COC(=O)[C@@H](O)[C@H](NC(=O)OC(C)(C)C)c1ccc2ccccc2c1. The molecule has 134 valence electrons. The smallest absolute Gasteiger partial charge is 0.408 e. The fourth-order valence-corrected chi connectivity index (χ4v) is 2.44. The molecule has 0 heterocycles. The molecule has 2 N–H and O–H groups in total. The number of ether oxygens (including phenoxy) is 2. The summed E-state index contributed by atoms with van der Waals surface area (Å²) in [5.41, 5.74) is -0.128. The maximum absolute atomic E-state index is 12.1. The van der Waals surface area contributed by atoms with Gasteiger partial charge in [0.15, 0.2) is 6.10 Å². The van der Waals surface area contributed by atoms with Crippen LogP contribution in [-0.4, -0.2) is 36.0 Å². The molecule has 6 heteroatoms. The Morgan fingerprint density at radius 3 is 2.32 bits per heavy atom. The van der Waals surface area contributed by atoms with Crippen LogP contribution in [0.2, 0.25) is 0 Å². The van der Waals surface area contributed by atoms with E-state index in [4.69, 9.17) is 4.74 Å². The number of hydrogen-bond acceptors (Lipinski definition) is 5. The van der Waals surface area contributed by atoms with Gasteiger partial charge in [-0.05, 0) is 43.2 Å². The number of aliphatic hydroxyl groups is 1. The van der Waals surface area contributed by atoms with E-state index in [1.54, 1.807) is 26.8 Å². The lowest BCUT2D eigenvalue weighted by Crippen LogP contribution is -2.43. The van der Waals surface area contributed by atoms with Crippen molar-refractivity contribution >= 4 is 22.8 Å². The van der Waals surface area contributed by atoms with Crippen LogP contribution in [0.15, 0.2) is 42.5 Å². The molecule has 0 fully saturated rings. The van der Waals surface area contributed by atoms with Crippen LogP contribution in [0.4, 0.5) is 4.79 Å². The Bertz CT molecular complexity index is 766. The number of esters is 1. The van der Waals surface area contributed by atoms with Gasteiger partial charge in [0, 0.05) is 0 Å². The summed E-state index contributed by atoms with van der Waals surface area (Å²) in [6, 6.07) is 12.1. The molecule has 0 spiro atoms. The highest BCUT2D eigenvalue weighted by Gasteiger charge is 2.31. The minimum Gasteiger partial charge on any atom is -0.467 e. The first-order chi connectivity index (χ1) is 11.7. The van der Waals surface area contributed by atoms with Crippen molar-refractivity contribution in [1.29, 1.82) is 0 Å². The summed E-state index contributed by atoms with van der Waals surface area (Å²) in [6.07, 6.45) is -2.28. The van der Waals surface area contributed by atoms with Crippen LogP contribution >= 0.6 is 0 Å². The van der Waals surface area contributed by atoms with Crippen molar-refractivity contribution in [3.8, 4) is 0 Å². The maximum atomic E-state index is 12.1. The lowest BCUT2D eigenvalue weighted by atomic mass is 9.98. The van der Waals surface area contributed by atoms with E-state index in [1.165, 1.54) is 7.11 Å². The van der Waals surface area contributed by atoms with Gasteiger partial charge in [0.05, 0.1) is 13.2 Å². The van der Waals surface area contributed by atoms with Crippen molar-refractivity contribution < 1.29 is 24.2 Å². The number of rotatable bonds is 4. The number of carbonyl (C=O) groups is 2. The maximum Gasteiger partial charge on any atom is 0.408 e. The summed E-state index contributed by atoms with van der Waals surface area (Å²) < 4.78 is 9.83. The fraction of sp³-hybridized carbons (Fsp3) is 0.368. The number of nitrogens with one attached hydrogen (secondary N) is 1. The van der Waals surface area contributed by atoms with Gasteiger partial charge in [-0.1, -0.05) is 36.4 Å². The minimum atomic E-state index is -1.56. The van der Waals surface area contributed by atoms with Crippen molar-refractivity contribution in [2.24, 2.45) is 0 Å². The Morgan fingerprint density at radius 2 is 1.72 bits per heavy atom. The number of aliphatic hydroxyl groups excluding tert-OH is 1. The highest BCUT2D eigenvalue weighted by atomic mass is 16.6. The number of amides is 1. The van der Waals surface area contributed by atoms with Gasteiger partial charge in [-0.15, -0.1) is 0 Å². The molecule has 2 rings (SSSR count). The molecule has 1 amide bonds. The van der Waals surface area contributed by atoms with Crippen LogP contribution in [0.5, 0.6) is 0 Å². The van der Waals surface area contributed by atoms with Crippen molar-refractivity contribution in [1.82, 2.24) is 5.32 Å². The van der Waals surface area contributed by atoms with E-state index < -0.39 is 29.8 Å². The first-order valence-corrected chi connectivity index (χ1v) is 7.95. The van der Waals surface area contributed by atoms with Crippen LogP contribution in [0.3, 0.4) is 0 Å². The average molecular weight is 345 g/mol. The average Bonchev–Trinajstić information content (AvgIpc) is 2.56. The number of hydrogen-bond donors (Lipinski definition) is 2. The van der Waals surface area contributed by atoms with Gasteiger partial charge >= 0.3 is 12.1 Å². The van der Waals surface area contributed by atoms with E-state index in [2.05, 4.69) is 10.1 Å². The van der Waals surface area contributed by atoms with Crippen LogP contribution in [-0.2, 0) is 14.3 Å². The first-order valence-electron chi connectivity index (χ1n) is 7.95. The van der Waals surface area contributed by atoms with Gasteiger partial charge in [0.2, 0.25) is 0 Å². The Morgan fingerprint density at radius 1 is 1.08 bits per heavy atom. The fourth-order valence-electron chi connectivity index (χ4n) is 2.44. The standard InChI is InChI=1S/C19H23NO5/c1-19(2,3)25-18(23)20-15(16(21)17(22)24-4)14-10-9-12-7-5-6-8-13(12)11-14/h5-11,15-16,21H,1-4H3,(H,20,23)/t15-,16+/m1/s1. The van der Waals surface area contributed by atoms with Crippen molar-refractivity contribution in [3.63, 3.8) is 0 Å². The molecule has 0 radical (unpaired) electrons. The van der Waals surface area contributed by atoms with Crippen molar-refractivity contribution in [2.45, 2.75) is 38.5 Å². The molecule has 2 atom stereocenters. The van der Waals surface area contributed by atoms with E-state index in [9.17, 15) is 14.7 Å². The summed E-state index contributed by atoms with van der Waals surface area (Å²) >= 11 is 0. The molecule has 0 aliphatic carbocycles. The zero-order valence-electron chi connectivity index (χ0n) is 14.8. The van der Waals surface area contributed by atoms with E-state index in [-0.39, 0.29) is 0 Å². The lowest BCUT2D eigenvalue weighted by Gasteiger charge is -2.26. The Hall–Kier alpha value is -2.60. The molecular weight excluding hydrogens is 322 g/mol. The third-order valence-electron chi connectivity index (χ3n) is 3.56. The zero-order valence-corrected chi connectivity index (χ0v) is 14.8. The molecule has 2 aromatic carbocycles. The molecule has 0 saturated carbocycles. The van der Waals surface area contributed by atoms with E-state index in [0.29, 0.717) is 5.56 Å². The third kappa shape index (κ3) is 4.93. The molecule has 0 aromatic heterocycles. The Kier molecular flexibility index (Phi) is 5.64. The summed E-state index contributed by atoms with van der Waals surface area (Å²) in [4.78, 5) is 23.9. The molecule has 0 saturated heterocycles. The highest BCUT2D eigenvalue weighted by molar-refractivity contribution is 5.84. The number of methoxy groups -OCH3 is 1. The van der Waals surface area contributed by atoms with Crippen LogP contribution in [0, 0.1) is 0 Å². The molecule has 6 nitrogen and oxygen atoms in total. The van der Waals surface area contributed by atoms with Gasteiger partial charge in [-0.2, -0.15) is 0 Å². The summed E-state index contributed by atoms with van der Waals surface area (Å²) in [5.74, 6) is -0.839. The zero-order chi connectivity index (χ0) is 18.6. The predicted molar refractivity (Wildman–Crippen MR) is 94.1 cm³/mol. The van der Waals surface area contributed by atoms with Gasteiger partial charge in [0.1, 0.15) is 5.60 Å². The van der Waals surface area contributed by atoms with Crippen LogP contribution in [0.1, 0.15) is 32.4 Å². The quantitative estimate of drug-likeness (QED) is 0.832. The predicted octanol–water partition coefficient (Wildman–Crippen LogP) is 2.94. The third-order valence-corrected chi connectivity index (χ3v) is 3.56. The van der Waals surface area contributed by atoms with Gasteiger partial charge in [-0.25, -0.2) is 9.59 Å². The monoisotopic (exact) mass is 345 g/mol. The van der Waals surface area contributed by atoms with Gasteiger partial charge in [0.25, 0.3) is 0 Å². The first kappa shape index (κ1) is 18.7. The van der Waals surface area contributed by atoms with Crippen LogP contribution in [0.25, 0.3) is 10.8 Å². The van der Waals surface area contributed by atoms with Crippen LogP contribution < -0.4 is 5.32 Å². The van der Waals surface area contributed by atoms with Crippen molar-refractivity contribution in [2.75, 3.05) is 7.11 Å². The number of carbonyl (C=O) groups excluding carboxylic acids is 2. The summed E-state index contributed by atoms with van der Waals surface area (Å²) in [7, 11) is 1.18. The number of fused-ring (bicyclic) bond motifs is 1. The summed E-state index contributed by atoms with van der Waals surface area (Å²) in [6.45, 7) is 5.19. The van der Waals surface area contributed by atoms with E-state index in [1.807, 2.05) is 36.4 Å². The normalized spacial score (nSPS) is 13.8. The number of alkyl carbamates (subject to hydrolysis) is 1. The van der Waals surface area contributed by atoms with Gasteiger partial charge in [-0.3, -0.25) is 0 Å². The second kappa shape index (κ2) is 7.53. The molecule has 2 aromatic rings. The largest absolute Gasteiger partial charge is 0.467 e. The Labute approximate surface area is 146 Å².